The van der Waals surface area contributed by atoms with E-state index in [2.05, 4.69) is 0 Å². The summed E-state index contributed by atoms with van der Waals surface area (Å²) in [5.41, 5.74) is 1.97. The zero-order valence-electron chi connectivity index (χ0n) is 11.7. The maximum absolute atomic E-state index is 11.1. The van der Waals surface area contributed by atoms with E-state index < -0.39 is 0 Å². The van der Waals surface area contributed by atoms with Crippen LogP contribution in [0.5, 0.6) is 11.5 Å². The van der Waals surface area contributed by atoms with Gasteiger partial charge in [-0.05, 0) is 30.7 Å². The number of rotatable bonds is 5. The summed E-state index contributed by atoms with van der Waals surface area (Å²) in [7, 11) is 1.52. The Labute approximate surface area is 133 Å². The second-order valence-corrected chi connectivity index (χ2v) is 5.08. The first kappa shape index (κ1) is 15.7. The Hall–Kier alpha value is -1.71. The summed E-state index contributed by atoms with van der Waals surface area (Å²) in [6, 6.07) is 8.66. The first-order valence-electron chi connectivity index (χ1n) is 6.36. The number of ether oxygens (including phenoxy) is 2. The van der Waals surface area contributed by atoms with Crippen molar-refractivity contribution in [3.05, 3.63) is 45.9 Å². The Kier molecular flexibility index (Phi) is 5.10. The van der Waals surface area contributed by atoms with Gasteiger partial charge in [-0.25, -0.2) is 0 Å². The minimum Gasteiger partial charge on any atom is -0.496 e. The predicted molar refractivity (Wildman–Crippen MR) is 85.0 cm³/mol. The molecule has 0 saturated carbocycles. The molecule has 0 N–H and O–H groups in total. The summed E-state index contributed by atoms with van der Waals surface area (Å²) in [4.78, 5) is 11.1. The second-order valence-electron chi connectivity index (χ2n) is 4.27. The summed E-state index contributed by atoms with van der Waals surface area (Å²) < 4.78 is 10.5. The van der Waals surface area contributed by atoms with E-state index >= 15 is 0 Å². The number of aldehydes is 1. The molecule has 0 saturated heterocycles. The Balaban J connectivity index is 2.51. The molecule has 2 rings (SSSR count). The molecule has 0 atom stereocenters. The van der Waals surface area contributed by atoms with E-state index in [1.54, 1.807) is 24.3 Å². The van der Waals surface area contributed by atoms with Gasteiger partial charge in [0.15, 0.2) is 6.29 Å². The number of carbonyl (C=O) groups is 1. The summed E-state index contributed by atoms with van der Waals surface area (Å²) in [6.45, 7) is 2.38. The van der Waals surface area contributed by atoms with Crippen molar-refractivity contribution in [2.24, 2.45) is 0 Å². The summed E-state index contributed by atoms with van der Waals surface area (Å²) in [5.74, 6) is 1.05. The molecule has 0 aromatic heterocycles. The molecule has 0 unspecified atom stereocenters. The van der Waals surface area contributed by atoms with Gasteiger partial charge in [0, 0.05) is 11.6 Å². The third-order valence-electron chi connectivity index (χ3n) is 2.99. The molecule has 0 bridgehead atoms. The van der Waals surface area contributed by atoms with Crippen molar-refractivity contribution in [2.45, 2.75) is 6.92 Å². The predicted octanol–water partition coefficient (Wildman–Crippen LogP) is 4.88. The molecule has 5 heteroatoms. The first-order valence-corrected chi connectivity index (χ1v) is 7.11. The lowest BCUT2D eigenvalue weighted by atomic mass is 10.0. The van der Waals surface area contributed by atoms with E-state index in [4.69, 9.17) is 32.7 Å². The molecule has 0 amide bonds. The first-order chi connectivity index (χ1) is 10.1. The summed E-state index contributed by atoms with van der Waals surface area (Å²) in [6.07, 6.45) is 0.742. The zero-order valence-corrected chi connectivity index (χ0v) is 13.2. The van der Waals surface area contributed by atoms with Crippen molar-refractivity contribution in [2.75, 3.05) is 13.7 Å². The highest BCUT2D eigenvalue weighted by atomic mass is 35.5. The van der Waals surface area contributed by atoms with Crippen LogP contribution in [0.4, 0.5) is 0 Å². The molecule has 110 valence electrons. The van der Waals surface area contributed by atoms with Gasteiger partial charge >= 0.3 is 0 Å². The van der Waals surface area contributed by atoms with Crippen molar-refractivity contribution < 1.29 is 14.3 Å². The van der Waals surface area contributed by atoms with Crippen LogP contribution in [0.2, 0.25) is 10.0 Å². The van der Waals surface area contributed by atoms with Crippen molar-refractivity contribution in [3.8, 4) is 22.6 Å². The van der Waals surface area contributed by atoms with Gasteiger partial charge < -0.3 is 9.47 Å². The van der Waals surface area contributed by atoms with Crippen LogP contribution < -0.4 is 9.47 Å². The summed E-state index contributed by atoms with van der Waals surface area (Å²) in [5, 5.41) is 0.976. The van der Waals surface area contributed by atoms with Crippen molar-refractivity contribution in [1.82, 2.24) is 0 Å². The van der Waals surface area contributed by atoms with Crippen LogP contribution in [0.1, 0.15) is 17.3 Å². The van der Waals surface area contributed by atoms with Crippen LogP contribution in [0, 0.1) is 0 Å². The average Bonchev–Trinajstić information content (AvgIpc) is 2.50. The lowest BCUT2D eigenvalue weighted by Gasteiger charge is -2.12. The largest absolute Gasteiger partial charge is 0.496 e. The number of benzene rings is 2. The lowest BCUT2D eigenvalue weighted by Crippen LogP contribution is -1.94. The Bertz CT molecular complexity index is 669. The van der Waals surface area contributed by atoms with Crippen LogP contribution in [-0.4, -0.2) is 20.0 Å². The summed E-state index contributed by atoms with van der Waals surface area (Å²) >= 11 is 12.5. The fraction of sp³-hybridized carbons (Fsp3) is 0.188. The van der Waals surface area contributed by atoms with E-state index in [1.807, 2.05) is 13.0 Å². The number of methoxy groups -OCH3 is 1. The van der Waals surface area contributed by atoms with E-state index in [0.29, 0.717) is 33.7 Å². The molecule has 21 heavy (non-hydrogen) atoms. The highest BCUT2D eigenvalue weighted by Gasteiger charge is 2.12. The van der Waals surface area contributed by atoms with Gasteiger partial charge in [0.2, 0.25) is 0 Å². The van der Waals surface area contributed by atoms with Crippen LogP contribution in [0.3, 0.4) is 0 Å². The average molecular weight is 325 g/mol. The Morgan fingerprint density at radius 1 is 1.10 bits per heavy atom. The van der Waals surface area contributed by atoms with Gasteiger partial charge in [0.1, 0.15) is 11.5 Å². The fourth-order valence-electron chi connectivity index (χ4n) is 2.01. The molecule has 2 aromatic rings. The highest BCUT2D eigenvalue weighted by molar-refractivity contribution is 6.36. The molecule has 2 aromatic carbocycles. The SMILES string of the molecule is CCOc1cc(Cl)c(-c2ccc(OC)c(C=O)c2)cc1Cl. The van der Waals surface area contributed by atoms with E-state index in [1.165, 1.54) is 7.11 Å². The molecule has 0 aliphatic rings. The third kappa shape index (κ3) is 3.31. The monoisotopic (exact) mass is 324 g/mol. The lowest BCUT2D eigenvalue weighted by molar-refractivity contribution is 0.112. The molecule has 0 aliphatic heterocycles. The van der Waals surface area contributed by atoms with Crippen molar-refractivity contribution >= 4 is 29.5 Å². The molecule has 3 nitrogen and oxygen atoms in total. The smallest absolute Gasteiger partial charge is 0.153 e. The minimum atomic E-state index is 0.455. The number of hydrogen-bond donors (Lipinski definition) is 0. The number of carbonyl (C=O) groups excluding carboxylic acids is 1. The molecule has 0 fully saturated rings. The van der Waals surface area contributed by atoms with Crippen LogP contribution in [-0.2, 0) is 0 Å². The topological polar surface area (TPSA) is 35.5 Å². The second kappa shape index (κ2) is 6.83. The van der Waals surface area contributed by atoms with Crippen LogP contribution >= 0.6 is 23.2 Å². The minimum absolute atomic E-state index is 0.455. The van der Waals surface area contributed by atoms with Crippen molar-refractivity contribution in [1.29, 1.82) is 0 Å². The molecule has 0 radical (unpaired) electrons. The molecule has 0 heterocycles. The molecule has 0 spiro atoms. The zero-order chi connectivity index (χ0) is 15.4. The van der Waals surface area contributed by atoms with E-state index in [-0.39, 0.29) is 0 Å². The van der Waals surface area contributed by atoms with Crippen LogP contribution in [0.15, 0.2) is 30.3 Å². The molecule has 0 aliphatic carbocycles. The van der Waals surface area contributed by atoms with E-state index in [9.17, 15) is 4.79 Å². The van der Waals surface area contributed by atoms with Gasteiger partial charge in [-0.2, -0.15) is 0 Å². The molecular formula is C16H14Cl2O3. The molecular weight excluding hydrogens is 311 g/mol. The van der Waals surface area contributed by atoms with Gasteiger partial charge in [-0.15, -0.1) is 0 Å². The third-order valence-corrected chi connectivity index (χ3v) is 3.60. The van der Waals surface area contributed by atoms with Gasteiger partial charge in [-0.3, -0.25) is 4.79 Å². The fourth-order valence-corrected chi connectivity index (χ4v) is 2.49. The highest BCUT2D eigenvalue weighted by Crippen LogP contribution is 2.37. The van der Waals surface area contributed by atoms with E-state index in [0.717, 1.165) is 17.4 Å². The normalized spacial score (nSPS) is 10.3. The number of hydrogen-bond acceptors (Lipinski definition) is 3. The van der Waals surface area contributed by atoms with Crippen LogP contribution in [0.25, 0.3) is 11.1 Å². The van der Waals surface area contributed by atoms with Gasteiger partial charge in [0.05, 0.1) is 29.3 Å². The number of halogens is 2. The van der Waals surface area contributed by atoms with Gasteiger partial charge in [0.25, 0.3) is 0 Å². The Morgan fingerprint density at radius 3 is 2.48 bits per heavy atom. The quantitative estimate of drug-likeness (QED) is 0.735. The van der Waals surface area contributed by atoms with Crippen molar-refractivity contribution in [3.63, 3.8) is 0 Å². The maximum Gasteiger partial charge on any atom is 0.153 e. The maximum atomic E-state index is 11.1. The Morgan fingerprint density at radius 2 is 1.86 bits per heavy atom. The van der Waals surface area contributed by atoms with Gasteiger partial charge in [-0.1, -0.05) is 29.3 Å². The standard InChI is InChI=1S/C16H14Cl2O3/c1-3-21-16-8-13(17)12(7-14(16)18)10-4-5-15(20-2)11(6-10)9-19/h4-9H,3H2,1-2H3.